The number of aromatic nitrogens is 4. The summed E-state index contributed by atoms with van der Waals surface area (Å²) in [5.74, 6) is 0.0925. The predicted molar refractivity (Wildman–Crippen MR) is 104 cm³/mol. The maximum atomic E-state index is 14.0. The monoisotopic (exact) mass is 385 g/mol. The number of thioether (sulfide) groups is 1. The fraction of sp³-hybridized carbons (Fsp3) is 0.263. The van der Waals surface area contributed by atoms with E-state index in [0.717, 1.165) is 17.5 Å². The van der Waals surface area contributed by atoms with Crippen LogP contribution < -0.4 is 5.32 Å². The number of aryl methyl sites for hydroxylation is 1. The van der Waals surface area contributed by atoms with Gasteiger partial charge in [0, 0.05) is 24.5 Å². The number of nitrogens with one attached hydrogen (secondary N) is 1. The van der Waals surface area contributed by atoms with Gasteiger partial charge in [0.2, 0.25) is 5.91 Å². The van der Waals surface area contributed by atoms with E-state index in [1.807, 2.05) is 30.5 Å². The van der Waals surface area contributed by atoms with E-state index in [4.69, 9.17) is 0 Å². The summed E-state index contributed by atoms with van der Waals surface area (Å²) in [6, 6.07) is 8.58. The Labute approximate surface area is 161 Å². The summed E-state index contributed by atoms with van der Waals surface area (Å²) in [5.41, 5.74) is 1.94. The molecule has 1 N–H and O–H groups in total. The molecule has 1 aromatic carbocycles. The van der Waals surface area contributed by atoms with Gasteiger partial charge in [0.1, 0.15) is 5.82 Å². The number of halogens is 1. The van der Waals surface area contributed by atoms with Crippen LogP contribution in [-0.4, -0.2) is 31.4 Å². The maximum absolute atomic E-state index is 14.0. The summed E-state index contributed by atoms with van der Waals surface area (Å²) in [7, 11) is 0. The van der Waals surface area contributed by atoms with Crippen molar-refractivity contribution in [1.29, 1.82) is 0 Å². The number of carbonyl (C=O) groups excluding carboxylic acids is 1. The third kappa shape index (κ3) is 4.51. The average Bonchev–Trinajstić information content (AvgIpc) is 3.11. The molecule has 0 radical (unpaired) electrons. The number of pyridine rings is 1. The molecule has 2 heterocycles. The van der Waals surface area contributed by atoms with Crippen LogP contribution >= 0.6 is 11.8 Å². The number of benzene rings is 1. The van der Waals surface area contributed by atoms with Crippen molar-refractivity contribution in [3.63, 3.8) is 0 Å². The molecule has 0 aliphatic heterocycles. The Hall–Kier alpha value is -2.74. The molecule has 1 amide bonds. The first-order chi connectivity index (χ1) is 13.1. The van der Waals surface area contributed by atoms with Crippen molar-refractivity contribution in [2.75, 3.05) is 11.1 Å². The first-order valence-corrected chi connectivity index (χ1v) is 9.65. The Morgan fingerprint density at radius 3 is 2.78 bits per heavy atom. The van der Waals surface area contributed by atoms with Gasteiger partial charge in [-0.3, -0.25) is 9.78 Å². The van der Waals surface area contributed by atoms with Gasteiger partial charge >= 0.3 is 0 Å². The lowest BCUT2D eigenvalue weighted by atomic mass is 10.1. The fourth-order valence-corrected chi connectivity index (χ4v) is 3.39. The molecule has 6 nitrogen and oxygen atoms in total. The molecule has 3 aromatic rings. The van der Waals surface area contributed by atoms with Gasteiger partial charge in [-0.2, -0.15) is 0 Å². The van der Waals surface area contributed by atoms with Gasteiger partial charge in [0.15, 0.2) is 11.0 Å². The van der Waals surface area contributed by atoms with Gasteiger partial charge in [0.05, 0.1) is 11.4 Å². The molecule has 0 bridgehead atoms. The molecular weight excluding hydrogens is 365 g/mol. The second-order valence-electron chi connectivity index (χ2n) is 5.80. The summed E-state index contributed by atoms with van der Waals surface area (Å²) >= 11 is 1.26. The molecule has 0 spiro atoms. The van der Waals surface area contributed by atoms with Crippen molar-refractivity contribution in [2.24, 2.45) is 0 Å². The molecule has 0 unspecified atom stereocenters. The number of nitrogens with zero attached hydrogens (tertiary/aromatic N) is 4. The molecule has 0 atom stereocenters. The summed E-state index contributed by atoms with van der Waals surface area (Å²) < 4.78 is 15.9. The first-order valence-electron chi connectivity index (χ1n) is 8.67. The molecule has 8 heteroatoms. The molecule has 0 saturated heterocycles. The Morgan fingerprint density at radius 2 is 2.11 bits per heavy atom. The third-order valence-corrected chi connectivity index (χ3v) is 4.97. The molecule has 27 heavy (non-hydrogen) atoms. The van der Waals surface area contributed by atoms with E-state index in [1.165, 1.54) is 17.8 Å². The maximum Gasteiger partial charge on any atom is 0.234 e. The number of carbonyl (C=O) groups is 1. The van der Waals surface area contributed by atoms with E-state index in [9.17, 15) is 9.18 Å². The highest BCUT2D eigenvalue weighted by Gasteiger charge is 2.15. The van der Waals surface area contributed by atoms with Gasteiger partial charge in [-0.15, -0.1) is 10.2 Å². The lowest BCUT2D eigenvalue weighted by Gasteiger charge is -2.09. The number of hydrogen-bond donors (Lipinski definition) is 1. The van der Waals surface area contributed by atoms with Crippen LogP contribution in [0.15, 0.2) is 47.9 Å². The molecule has 0 fully saturated rings. The van der Waals surface area contributed by atoms with Gasteiger partial charge in [-0.25, -0.2) is 4.39 Å². The third-order valence-electron chi connectivity index (χ3n) is 4.00. The van der Waals surface area contributed by atoms with E-state index >= 15 is 0 Å². The minimum atomic E-state index is -0.428. The van der Waals surface area contributed by atoms with Crippen molar-refractivity contribution in [3.8, 4) is 11.4 Å². The summed E-state index contributed by atoms with van der Waals surface area (Å²) in [4.78, 5) is 16.3. The van der Waals surface area contributed by atoms with Crippen molar-refractivity contribution in [3.05, 3.63) is 54.1 Å². The van der Waals surface area contributed by atoms with Crippen LogP contribution in [-0.2, 0) is 17.8 Å². The fourth-order valence-electron chi connectivity index (χ4n) is 2.59. The van der Waals surface area contributed by atoms with E-state index in [0.29, 0.717) is 17.5 Å². The van der Waals surface area contributed by atoms with Crippen LogP contribution in [0.25, 0.3) is 11.4 Å². The highest BCUT2D eigenvalue weighted by molar-refractivity contribution is 7.99. The average molecular weight is 385 g/mol. The van der Waals surface area contributed by atoms with Gasteiger partial charge in [-0.05, 0) is 43.2 Å². The number of anilines is 1. The predicted octanol–water partition coefficient (Wildman–Crippen LogP) is 3.79. The van der Waals surface area contributed by atoms with Crippen LogP contribution in [0.2, 0.25) is 0 Å². The molecular formula is C19H20FN5OS. The largest absolute Gasteiger partial charge is 0.323 e. The lowest BCUT2D eigenvalue weighted by Crippen LogP contribution is -2.15. The zero-order chi connectivity index (χ0) is 19.2. The van der Waals surface area contributed by atoms with E-state index < -0.39 is 5.82 Å². The van der Waals surface area contributed by atoms with E-state index in [2.05, 4.69) is 20.5 Å². The SMILES string of the molecule is CCc1ccc(NC(=O)CSc2nnc(-c3cccnc3)n2CC)c(F)c1. The van der Waals surface area contributed by atoms with Crippen molar-refractivity contribution >= 4 is 23.4 Å². The molecule has 0 aliphatic rings. The minimum absolute atomic E-state index is 0.111. The Balaban J connectivity index is 1.66. The van der Waals surface area contributed by atoms with Gasteiger partial charge < -0.3 is 9.88 Å². The lowest BCUT2D eigenvalue weighted by molar-refractivity contribution is -0.113. The van der Waals surface area contributed by atoms with E-state index in [-0.39, 0.29) is 17.3 Å². The molecule has 140 valence electrons. The Kier molecular flexibility index (Phi) is 6.18. The second-order valence-corrected chi connectivity index (χ2v) is 6.74. The van der Waals surface area contributed by atoms with Crippen molar-refractivity contribution in [2.45, 2.75) is 32.0 Å². The highest BCUT2D eigenvalue weighted by Crippen LogP contribution is 2.24. The van der Waals surface area contributed by atoms with Crippen LogP contribution in [0.5, 0.6) is 0 Å². The number of amides is 1. The summed E-state index contributed by atoms with van der Waals surface area (Å²) in [5, 5.41) is 11.6. The molecule has 2 aromatic heterocycles. The first kappa shape index (κ1) is 19.0. The zero-order valence-corrected chi connectivity index (χ0v) is 16.0. The molecule has 0 aliphatic carbocycles. The molecule has 0 saturated carbocycles. The van der Waals surface area contributed by atoms with E-state index in [1.54, 1.807) is 24.5 Å². The Bertz CT molecular complexity index is 929. The van der Waals surface area contributed by atoms with Crippen LogP contribution in [0.4, 0.5) is 10.1 Å². The minimum Gasteiger partial charge on any atom is -0.323 e. The summed E-state index contributed by atoms with van der Waals surface area (Å²) in [6.45, 7) is 4.60. The quantitative estimate of drug-likeness (QED) is 0.627. The second kappa shape index (κ2) is 8.77. The van der Waals surface area contributed by atoms with Crippen molar-refractivity contribution in [1.82, 2.24) is 19.7 Å². The summed E-state index contributed by atoms with van der Waals surface area (Å²) in [6.07, 6.45) is 4.16. The van der Waals surface area contributed by atoms with Crippen LogP contribution in [0.3, 0.4) is 0 Å². The number of rotatable bonds is 7. The van der Waals surface area contributed by atoms with Gasteiger partial charge in [-0.1, -0.05) is 24.8 Å². The topological polar surface area (TPSA) is 72.7 Å². The normalized spacial score (nSPS) is 10.8. The highest BCUT2D eigenvalue weighted by atomic mass is 32.2. The van der Waals surface area contributed by atoms with Crippen LogP contribution in [0, 0.1) is 5.82 Å². The standard InChI is InChI=1S/C19H20FN5OS/c1-3-13-7-8-16(15(20)10-13)22-17(26)12-27-19-24-23-18(25(19)4-2)14-6-5-9-21-11-14/h5-11H,3-4,12H2,1-2H3,(H,22,26). The van der Waals surface area contributed by atoms with Crippen LogP contribution in [0.1, 0.15) is 19.4 Å². The zero-order valence-electron chi connectivity index (χ0n) is 15.1. The van der Waals surface area contributed by atoms with Gasteiger partial charge in [0.25, 0.3) is 0 Å². The smallest absolute Gasteiger partial charge is 0.234 e. The van der Waals surface area contributed by atoms with Crippen molar-refractivity contribution < 1.29 is 9.18 Å². The Morgan fingerprint density at radius 1 is 1.26 bits per heavy atom. The number of hydrogen-bond acceptors (Lipinski definition) is 5. The molecule has 3 rings (SSSR count).